The van der Waals surface area contributed by atoms with Crippen LogP contribution in [0.1, 0.15) is 5.56 Å². The number of aromatic amines is 1. The molecule has 0 aliphatic carbocycles. The van der Waals surface area contributed by atoms with Crippen molar-refractivity contribution in [3.8, 4) is 11.7 Å². The van der Waals surface area contributed by atoms with Crippen LogP contribution in [0.3, 0.4) is 0 Å². The molecule has 2 aromatic carbocycles. The first kappa shape index (κ1) is 17.3. The number of hydrogen-bond acceptors (Lipinski definition) is 6. The molecule has 2 aromatic heterocycles. The molecule has 0 aliphatic heterocycles. The molecule has 0 aliphatic rings. The van der Waals surface area contributed by atoms with Gasteiger partial charge in [0.1, 0.15) is 12.1 Å². The monoisotopic (exact) mass is 379 g/mol. The van der Waals surface area contributed by atoms with E-state index in [1.807, 2.05) is 49.4 Å². The first-order valence-electron chi connectivity index (χ1n) is 8.42. The molecule has 4 rings (SSSR count). The highest BCUT2D eigenvalue weighted by atomic mass is 32.2. The number of benzene rings is 2. The summed E-state index contributed by atoms with van der Waals surface area (Å²) in [6.07, 6.45) is 1.37. The maximum atomic E-state index is 12.9. The van der Waals surface area contributed by atoms with E-state index in [-0.39, 0.29) is 5.56 Å². The Bertz CT molecular complexity index is 1110. The van der Waals surface area contributed by atoms with Crippen molar-refractivity contribution >= 4 is 22.7 Å². The van der Waals surface area contributed by atoms with Crippen LogP contribution in [-0.4, -0.2) is 37.1 Å². The molecule has 8 heteroatoms. The minimum Gasteiger partial charge on any atom is -0.493 e. The molecule has 0 saturated carbocycles. The third kappa shape index (κ3) is 3.70. The number of thioether (sulfide) groups is 1. The molecule has 0 amide bonds. The molecule has 136 valence electrons. The Labute approximate surface area is 159 Å². The number of H-pyrrole nitrogens is 1. The van der Waals surface area contributed by atoms with E-state index < -0.39 is 0 Å². The summed E-state index contributed by atoms with van der Waals surface area (Å²) in [4.78, 5) is 21.7. The van der Waals surface area contributed by atoms with Gasteiger partial charge in [-0.05, 0) is 31.2 Å². The van der Waals surface area contributed by atoms with E-state index in [1.165, 1.54) is 28.2 Å². The average Bonchev–Trinajstić information content (AvgIpc) is 3.21. The van der Waals surface area contributed by atoms with Crippen molar-refractivity contribution in [1.29, 1.82) is 0 Å². The Kier molecular flexibility index (Phi) is 4.88. The van der Waals surface area contributed by atoms with Crippen LogP contribution in [0.4, 0.5) is 0 Å². The summed E-state index contributed by atoms with van der Waals surface area (Å²) in [6.45, 7) is 2.53. The second-order valence-electron chi connectivity index (χ2n) is 5.87. The number of nitrogens with zero attached hydrogens (tertiary/aromatic N) is 4. The van der Waals surface area contributed by atoms with Gasteiger partial charge in [0, 0.05) is 5.75 Å². The number of hydrogen-bond donors (Lipinski definition) is 1. The van der Waals surface area contributed by atoms with Gasteiger partial charge >= 0.3 is 0 Å². The Hall–Kier alpha value is -3.13. The van der Waals surface area contributed by atoms with E-state index in [0.717, 1.165) is 5.75 Å². The average molecular weight is 379 g/mol. The van der Waals surface area contributed by atoms with Crippen LogP contribution in [0.15, 0.2) is 64.8 Å². The van der Waals surface area contributed by atoms with Crippen LogP contribution >= 0.6 is 11.8 Å². The first-order valence-corrected chi connectivity index (χ1v) is 9.41. The zero-order chi connectivity index (χ0) is 18.6. The quantitative estimate of drug-likeness (QED) is 0.315. The van der Waals surface area contributed by atoms with E-state index in [0.29, 0.717) is 34.4 Å². The first-order chi connectivity index (χ1) is 13.2. The van der Waals surface area contributed by atoms with Crippen LogP contribution in [-0.2, 0) is 0 Å². The van der Waals surface area contributed by atoms with Gasteiger partial charge in [0.25, 0.3) is 5.56 Å². The highest BCUT2D eigenvalue weighted by Gasteiger charge is 2.14. The van der Waals surface area contributed by atoms with Gasteiger partial charge in [0.2, 0.25) is 5.95 Å². The number of para-hydroxylation sites is 1. The highest BCUT2D eigenvalue weighted by Crippen LogP contribution is 2.20. The lowest BCUT2D eigenvalue weighted by Gasteiger charge is -2.11. The Morgan fingerprint density at radius 2 is 1.96 bits per heavy atom. The SMILES string of the molecule is Cc1ccc(OCCSc2nc3ccccc3c(=O)n2-c2ncn[nH]2)cc1. The molecule has 0 atom stereocenters. The Morgan fingerprint density at radius 3 is 2.74 bits per heavy atom. The molecule has 2 heterocycles. The van der Waals surface area contributed by atoms with E-state index in [1.54, 1.807) is 6.07 Å². The third-order valence-electron chi connectivity index (χ3n) is 3.96. The molecule has 0 fully saturated rings. The van der Waals surface area contributed by atoms with E-state index in [4.69, 9.17) is 4.74 Å². The number of nitrogens with one attached hydrogen (secondary N) is 1. The zero-order valence-corrected chi connectivity index (χ0v) is 15.4. The summed E-state index contributed by atoms with van der Waals surface area (Å²) in [6, 6.07) is 15.2. The molecule has 0 unspecified atom stereocenters. The van der Waals surface area contributed by atoms with Gasteiger partial charge in [0.05, 0.1) is 17.5 Å². The molecule has 0 bridgehead atoms. The lowest BCUT2D eigenvalue weighted by atomic mass is 10.2. The molecule has 0 spiro atoms. The lowest BCUT2D eigenvalue weighted by molar-refractivity contribution is 0.344. The van der Waals surface area contributed by atoms with Crippen LogP contribution in [0.2, 0.25) is 0 Å². The summed E-state index contributed by atoms with van der Waals surface area (Å²) < 4.78 is 7.21. The summed E-state index contributed by atoms with van der Waals surface area (Å²) in [7, 11) is 0. The summed E-state index contributed by atoms with van der Waals surface area (Å²) in [5.74, 6) is 1.80. The maximum absolute atomic E-state index is 12.9. The molecular weight excluding hydrogens is 362 g/mol. The smallest absolute Gasteiger partial charge is 0.269 e. The van der Waals surface area contributed by atoms with Crippen LogP contribution in [0.25, 0.3) is 16.9 Å². The summed E-state index contributed by atoms with van der Waals surface area (Å²) in [5, 5.41) is 7.67. The number of fused-ring (bicyclic) bond motifs is 1. The van der Waals surface area contributed by atoms with Crippen molar-refractivity contribution in [1.82, 2.24) is 24.7 Å². The van der Waals surface area contributed by atoms with E-state index >= 15 is 0 Å². The summed E-state index contributed by atoms with van der Waals surface area (Å²) in [5.41, 5.74) is 1.66. The molecular formula is C19H17N5O2S. The molecule has 7 nitrogen and oxygen atoms in total. The van der Waals surface area contributed by atoms with Gasteiger partial charge in [-0.15, -0.1) is 0 Å². The predicted octanol–water partition coefficient (Wildman–Crippen LogP) is 2.98. The largest absolute Gasteiger partial charge is 0.493 e. The van der Waals surface area contributed by atoms with Gasteiger partial charge < -0.3 is 4.74 Å². The van der Waals surface area contributed by atoms with Crippen molar-refractivity contribution in [2.24, 2.45) is 0 Å². The van der Waals surface area contributed by atoms with Crippen LogP contribution in [0.5, 0.6) is 5.75 Å². The van der Waals surface area contributed by atoms with Gasteiger partial charge in [-0.2, -0.15) is 10.1 Å². The third-order valence-corrected chi connectivity index (χ3v) is 4.87. The van der Waals surface area contributed by atoms with Gasteiger partial charge in [-0.25, -0.2) is 14.6 Å². The number of ether oxygens (including phenoxy) is 1. The standard InChI is InChI=1S/C19H17N5O2S/c1-13-6-8-14(9-7-13)26-10-11-27-19-22-16-5-3-2-4-15(16)17(25)24(19)18-20-12-21-23-18/h2-9,12H,10-11H2,1H3,(H,20,21,23). The lowest BCUT2D eigenvalue weighted by Crippen LogP contribution is -2.23. The number of rotatable bonds is 6. The van der Waals surface area contributed by atoms with Gasteiger partial charge in [-0.1, -0.05) is 41.6 Å². The number of aromatic nitrogens is 5. The minimum atomic E-state index is -0.181. The minimum absolute atomic E-state index is 0.181. The Morgan fingerprint density at radius 1 is 1.15 bits per heavy atom. The molecule has 0 saturated heterocycles. The second-order valence-corrected chi connectivity index (χ2v) is 6.93. The summed E-state index contributed by atoms with van der Waals surface area (Å²) >= 11 is 1.44. The fraction of sp³-hybridized carbons (Fsp3) is 0.158. The topological polar surface area (TPSA) is 85.7 Å². The van der Waals surface area contributed by atoms with Crippen molar-refractivity contribution < 1.29 is 4.74 Å². The molecule has 27 heavy (non-hydrogen) atoms. The van der Waals surface area contributed by atoms with Crippen molar-refractivity contribution in [2.45, 2.75) is 12.1 Å². The Balaban J connectivity index is 1.57. The van der Waals surface area contributed by atoms with E-state index in [2.05, 4.69) is 20.2 Å². The second kappa shape index (κ2) is 7.63. The van der Waals surface area contributed by atoms with Crippen molar-refractivity contribution in [3.05, 3.63) is 70.8 Å². The maximum Gasteiger partial charge on any atom is 0.269 e. The fourth-order valence-electron chi connectivity index (χ4n) is 2.63. The van der Waals surface area contributed by atoms with Gasteiger partial charge in [0.15, 0.2) is 5.16 Å². The highest BCUT2D eigenvalue weighted by molar-refractivity contribution is 7.99. The van der Waals surface area contributed by atoms with Crippen LogP contribution in [0, 0.1) is 6.92 Å². The molecule has 0 radical (unpaired) electrons. The van der Waals surface area contributed by atoms with E-state index in [9.17, 15) is 4.79 Å². The molecule has 1 N–H and O–H groups in total. The predicted molar refractivity (Wildman–Crippen MR) is 105 cm³/mol. The molecule has 4 aromatic rings. The number of aryl methyl sites for hydroxylation is 1. The van der Waals surface area contributed by atoms with Crippen molar-refractivity contribution in [3.63, 3.8) is 0 Å². The van der Waals surface area contributed by atoms with Crippen LogP contribution < -0.4 is 10.3 Å². The van der Waals surface area contributed by atoms with Gasteiger partial charge in [-0.3, -0.25) is 4.79 Å². The fourth-order valence-corrected chi connectivity index (χ4v) is 3.44. The van der Waals surface area contributed by atoms with Crippen molar-refractivity contribution in [2.75, 3.05) is 12.4 Å². The normalized spacial score (nSPS) is 11.0. The zero-order valence-electron chi connectivity index (χ0n) is 14.6.